The van der Waals surface area contributed by atoms with Crippen LogP contribution in [0.15, 0.2) is 46.9 Å². The van der Waals surface area contributed by atoms with Gasteiger partial charge in [0.15, 0.2) is 5.76 Å². The van der Waals surface area contributed by atoms with Crippen molar-refractivity contribution < 1.29 is 9.21 Å². The van der Waals surface area contributed by atoms with Gasteiger partial charge in [0, 0.05) is 28.2 Å². The fraction of sp³-hybridized carbons (Fsp3) is 0.211. The number of fused-ring (bicyclic) bond motifs is 1. The number of aryl methyl sites for hydroxylation is 2. The fourth-order valence-corrected chi connectivity index (χ4v) is 2.98. The van der Waals surface area contributed by atoms with Gasteiger partial charge < -0.3 is 9.32 Å². The van der Waals surface area contributed by atoms with Crippen molar-refractivity contribution >= 4 is 34.2 Å². The Bertz CT molecular complexity index is 882. The van der Waals surface area contributed by atoms with Crippen LogP contribution in [-0.2, 0) is 0 Å². The SMILES string of the molecule is CCN(C(=O)c1oc2ccc(Cl)cc2c1C)c1ccccc1C. The normalized spacial score (nSPS) is 11.0. The van der Waals surface area contributed by atoms with Gasteiger partial charge in [-0.25, -0.2) is 0 Å². The highest BCUT2D eigenvalue weighted by Crippen LogP contribution is 2.30. The molecule has 0 spiro atoms. The number of hydrogen-bond donors (Lipinski definition) is 0. The Morgan fingerprint density at radius 2 is 1.91 bits per heavy atom. The molecule has 0 saturated heterocycles. The Hall–Kier alpha value is -2.26. The lowest BCUT2D eigenvalue weighted by Crippen LogP contribution is -2.31. The largest absolute Gasteiger partial charge is 0.451 e. The molecule has 0 aliphatic heterocycles. The summed E-state index contributed by atoms with van der Waals surface area (Å²) < 4.78 is 5.81. The summed E-state index contributed by atoms with van der Waals surface area (Å²) in [6.45, 7) is 6.41. The van der Waals surface area contributed by atoms with E-state index in [0.29, 0.717) is 22.9 Å². The molecule has 0 N–H and O–H groups in total. The Labute approximate surface area is 140 Å². The maximum absolute atomic E-state index is 13.0. The molecule has 118 valence electrons. The molecule has 3 nitrogen and oxygen atoms in total. The van der Waals surface area contributed by atoms with Gasteiger partial charge in [-0.15, -0.1) is 0 Å². The van der Waals surface area contributed by atoms with E-state index in [1.807, 2.05) is 51.1 Å². The Balaban J connectivity index is 2.08. The number of hydrogen-bond acceptors (Lipinski definition) is 2. The topological polar surface area (TPSA) is 33.5 Å². The zero-order valence-corrected chi connectivity index (χ0v) is 14.1. The van der Waals surface area contributed by atoms with E-state index in [4.69, 9.17) is 16.0 Å². The van der Waals surface area contributed by atoms with E-state index in [2.05, 4.69) is 0 Å². The van der Waals surface area contributed by atoms with E-state index < -0.39 is 0 Å². The summed E-state index contributed by atoms with van der Waals surface area (Å²) in [4.78, 5) is 14.7. The minimum atomic E-state index is -0.133. The predicted octanol–water partition coefficient (Wildman–Crippen LogP) is 5.37. The molecule has 4 heteroatoms. The quantitative estimate of drug-likeness (QED) is 0.648. The molecule has 0 aliphatic carbocycles. The Morgan fingerprint density at radius 3 is 2.61 bits per heavy atom. The number of benzene rings is 2. The zero-order valence-electron chi connectivity index (χ0n) is 13.4. The maximum Gasteiger partial charge on any atom is 0.294 e. The first-order valence-corrected chi connectivity index (χ1v) is 7.97. The summed E-state index contributed by atoms with van der Waals surface area (Å²) in [7, 11) is 0. The van der Waals surface area contributed by atoms with Gasteiger partial charge in [-0.3, -0.25) is 4.79 Å². The smallest absolute Gasteiger partial charge is 0.294 e. The van der Waals surface area contributed by atoms with Crippen LogP contribution >= 0.6 is 11.6 Å². The van der Waals surface area contributed by atoms with E-state index in [1.54, 1.807) is 17.0 Å². The molecule has 0 aliphatic rings. The van der Waals surface area contributed by atoms with Crippen LogP contribution in [0, 0.1) is 13.8 Å². The van der Waals surface area contributed by atoms with Crippen molar-refractivity contribution in [1.82, 2.24) is 0 Å². The first-order chi connectivity index (χ1) is 11.0. The number of amides is 1. The minimum absolute atomic E-state index is 0.133. The zero-order chi connectivity index (χ0) is 16.6. The van der Waals surface area contributed by atoms with Gasteiger partial charge in [0.1, 0.15) is 5.58 Å². The average molecular weight is 328 g/mol. The molecule has 3 rings (SSSR count). The third-order valence-corrected chi connectivity index (χ3v) is 4.30. The standard InChI is InChI=1S/C19H18ClNO2/c1-4-21(16-8-6-5-7-12(16)2)19(22)18-13(3)15-11-14(20)9-10-17(15)23-18/h5-11H,4H2,1-3H3. The van der Waals surface area contributed by atoms with Crippen LogP contribution in [-0.4, -0.2) is 12.5 Å². The molecule has 0 unspecified atom stereocenters. The van der Waals surface area contributed by atoms with Gasteiger partial charge in [0.25, 0.3) is 5.91 Å². The average Bonchev–Trinajstić information content (AvgIpc) is 2.86. The van der Waals surface area contributed by atoms with Crippen LogP contribution in [0.4, 0.5) is 5.69 Å². The Kier molecular flexibility index (Phi) is 4.14. The number of carbonyl (C=O) groups is 1. The summed E-state index contributed by atoms with van der Waals surface area (Å²) in [5, 5.41) is 1.51. The number of halogens is 1. The second-order valence-electron chi connectivity index (χ2n) is 5.53. The van der Waals surface area contributed by atoms with Crippen LogP contribution in [0.25, 0.3) is 11.0 Å². The van der Waals surface area contributed by atoms with Crippen LogP contribution in [0.2, 0.25) is 5.02 Å². The van der Waals surface area contributed by atoms with Crippen LogP contribution in [0.5, 0.6) is 0 Å². The third-order valence-electron chi connectivity index (χ3n) is 4.06. The summed E-state index contributed by atoms with van der Waals surface area (Å²) in [5.74, 6) is 0.235. The van der Waals surface area contributed by atoms with Gasteiger partial charge in [-0.2, -0.15) is 0 Å². The number of para-hydroxylation sites is 1. The molecular weight excluding hydrogens is 310 g/mol. The predicted molar refractivity (Wildman–Crippen MR) is 94.5 cm³/mol. The molecule has 2 aromatic carbocycles. The van der Waals surface area contributed by atoms with Crippen molar-refractivity contribution in [3.63, 3.8) is 0 Å². The van der Waals surface area contributed by atoms with Gasteiger partial charge in [-0.05, 0) is 50.6 Å². The molecule has 0 atom stereocenters. The van der Waals surface area contributed by atoms with E-state index in [-0.39, 0.29) is 5.91 Å². The molecule has 1 aromatic heterocycles. The van der Waals surface area contributed by atoms with Crippen LogP contribution in [0.3, 0.4) is 0 Å². The minimum Gasteiger partial charge on any atom is -0.451 e. The number of carbonyl (C=O) groups excluding carboxylic acids is 1. The van der Waals surface area contributed by atoms with Gasteiger partial charge in [-0.1, -0.05) is 29.8 Å². The highest BCUT2D eigenvalue weighted by molar-refractivity contribution is 6.31. The van der Waals surface area contributed by atoms with Crippen molar-refractivity contribution in [3.8, 4) is 0 Å². The summed E-state index contributed by atoms with van der Waals surface area (Å²) >= 11 is 6.05. The maximum atomic E-state index is 13.0. The van der Waals surface area contributed by atoms with Gasteiger partial charge in [0.05, 0.1) is 0 Å². The molecule has 0 fully saturated rings. The molecule has 1 heterocycles. The van der Waals surface area contributed by atoms with Crippen molar-refractivity contribution in [3.05, 3.63) is 64.4 Å². The van der Waals surface area contributed by atoms with Crippen LogP contribution < -0.4 is 4.90 Å². The molecule has 0 bridgehead atoms. The molecular formula is C19H18ClNO2. The van der Waals surface area contributed by atoms with Crippen molar-refractivity contribution in [1.29, 1.82) is 0 Å². The number of furan rings is 1. The highest BCUT2D eigenvalue weighted by Gasteiger charge is 2.24. The monoisotopic (exact) mass is 327 g/mol. The van der Waals surface area contributed by atoms with Crippen molar-refractivity contribution in [2.24, 2.45) is 0 Å². The molecule has 0 saturated carbocycles. The third kappa shape index (κ3) is 2.73. The van der Waals surface area contributed by atoms with Crippen LogP contribution in [0.1, 0.15) is 28.6 Å². The molecule has 0 radical (unpaired) electrons. The van der Waals surface area contributed by atoms with E-state index in [9.17, 15) is 4.79 Å². The summed E-state index contributed by atoms with van der Waals surface area (Å²) in [6, 6.07) is 13.2. The van der Waals surface area contributed by atoms with Crippen molar-refractivity contribution in [2.75, 3.05) is 11.4 Å². The first kappa shape index (κ1) is 15.6. The second-order valence-corrected chi connectivity index (χ2v) is 5.97. The summed E-state index contributed by atoms with van der Waals surface area (Å²) in [6.07, 6.45) is 0. The molecule has 1 amide bonds. The second kappa shape index (κ2) is 6.09. The number of nitrogens with zero attached hydrogens (tertiary/aromatic N) is 1. The lowest BCUT2D eigenvalue weighted by Gasteiger charge is -2.22. The first-order valence-electron chi connectivity index (χ1n) is 7.59. The van der Waals surface area contributed by atoms with E-state index in [1.165, 1.54) is 0 Å². The Morgan fingerprint density at radius 1 is 1.17 bits per heavy atom. The van der Waals surface area contributed by atoms with E-state index >= 15 is 0 Å². The van der Waals surface area contributed by atoms with E-state index in [0.717, 1.165) is 22.2 Å². The highest BCUT2D eigenvalue weighted by atomic mass is 35.5. The van der Waals surface area contributed by atoms with Gasteiger partial charge in [0.2, 0.25) is 0 Å². The summed E-state index contributed by atoms with van der Waals surface area (Å²) in [5.41, 5.74) is 3.45. The lowest BCUT2D eigenvalue weighted by atomic mass is 10.1. The van der Waals surface area contributed by atoms with Crippen molar-refractivity contribution in [2.45, 2.75) is 20.8 Å². The number of anilines is 1. The fourth-order valence-electron chi connectivity index (χ4n) is 2.81. The van der Waals surface area contributed by atoms with Gasteiger partial charge >= 0.3 is 0 Å². The lowest BCUT2D eigenvalue weighted by molar-refractivity contribution is 0.0963. The molecule has 23 heavy (non-hydrogen) atoms. The molecule has 3 aromatic rings. The number of rotatable bonds is 3.